The number of hydrogen-bond donors (Lipinski definition) is 3. The molecule has 0 aliphatic carbocycles. The van der Waals surface area contributed by atoms with Crippen LogP contribution in [0, 0.1) is 0 Å². The molecule has 0 rings (SSSR count). The van der Waals surface area contributed by atoms with E-state index in [9.17, 15) is 19.8 Å². The second-order valence-electron chi connectivity index (χ2n) is 15.0. The quantitative estimate of drug-likeness (QED) is 0.0333. The molecular formula is C45H85NO5. The number of aliphatic hydroxyl groups is 2. The van der Waals surface area contributed by atoms with Gasteiger partial charge in [-0.15, -0.1) is 0 Å². The molecule has 0 bridgehead atoms. The number of rotatable bonds is 40. The zero-order chi connectivity index (χ0) is 37.3. The lowest BCUT2D eigenvalue weighted by Crippen LogP contribution is -2.45. The molecule has 3 N–H and O–H groups in total. The topological polar surface area (TPSA) is 95.9 Å². The molecule has 0 saturated carbocycles. The molecule has 0 aliphatic heterocycles. The van der Waals surface area contributed by atoms with Crippen LogP contribution in [0.25, 0.3) is 0 Å². The van der Waals surface area contributed by atoms with Crippen LogP contribution >= 0.6 is 0 Å². The van der Waals surface area contributed by atoms with Crippen LogP contribution in [0.4, 0.5) is 0 Å². The zero-order valence-electron chi connectivity index (χ0n) is 33.8. The van der Waals surface area contributed by atoms with Crippen molar-refractivity contribution >= 4 is 11.9 Å². The standard InChI is InChI=1S/C45H85NO5/c1-3-5-7-9-11-13-15-16-17-19-23-27-31-35-39-45(50)51-40-36-32-28-24-20-22-26-30-34-38-44(49)46-42(41-47)43(48)37-33-29-25-21-18-14-12-10-8-6-4-2/h9,11,15-16,42-43,47-48H,3-8,10,12-14,17-41H2,1-2H3,(H,46,49)/b11-9-,16-15-. The van der Waals surface area contributed by atoms with E-state index >= 15 is 0 Å². The third-order valence-corrected chi connectivity index (χ3v) is 10.0. The van der Waals surface area contributed by atoms with Gasteiger partial charge in [-0.1, -0.05) is 186 Å². The summed E-state index contributed by atoms with van der Waals surface area (Å²) in [6, 6.07) is -0.560. The fourth-order valence-corrected chi connectivity index (χ4v) is 6.54. The fourth-order valence-electron chi connectivity index (χ4n) is 6.54. The predicted octanol–water partition coefficient (Wildman–Crippen LogP) is 12.4. The van der Waals surface area contributed by atoms with E-state index in [1.54, 1.807) is 0 Å². The molecule has 0 fully saturated rings. The molecule has 0 spiro atoms. The smallest absolute Gasteiger partial charge is 0.305 e. The lowest BCUT2D eigenvalue weighted by atomic mass is 10.0. The number of nitrogens with one attached hydrogen (secondary N) is 1. The Bertz CT molecular complexity index is 797. The summed E-state index contributed by atoms with van der Waals surface area (Å²) >= 11 is 0. The van der Waals surface area contributed by atoms with E-state index in [1.165, 1.54) is 122 Å². The molecule has 6 nitrogen and oxygen atoms in total. The molecule has 0 aromatic rings. The van der Waals surface area contributed by atoms with E-state index in [1.807, 2.05) is 0 Å². The monoisotopic (exact) mass is 720 g/mol. The number of esters is 1. The number of hydrogen-bond acceptors (Lipinski definition) is 5. The molecule has 300 valence electrons. The summed E-state index contributed by atoms with van der Waals surface area (Å²) in [7, 11) is 0. The number of aliphatic hydroxyl groups excluding tert-OH is 2. The van der Waals surface area contributed by atoms with E-state index in [-0.39, 0.29) is 18.5 Å². The fraction of sp³-hybridized carbons (Fsp3) is 0.867. The number of carbonyl (C=O) groups excluding carboxylic acids is 2. The van der Waals surface area contributed by atoms with E-state index in [0.717, 1.165) is 70.6 Å². The van der Waals surface area contributed by atoms with Crippen molar-refractivity contribution in [2.24, 2.45) is 0 Å². The van der Waals surface area contributed by atoms with Gasteiger partial charge in [-0.25, -0.2) is 0 Å². The Balaban J connectivity index is 3.51. The molecule has 0 aromatic heterocycles. The Kier molecular flexibility index (Phi) is 39.8. The van der Waals surface area contributed by atoms with Crippen molar-refractivity contribution in [3.05, 3.63) is 24.3 Å². The van der Waals surface area contributed by atoms with Crippen molar-refractivity contribution in [3.8, 4) is 0 Å². The van der Waals surface area contributed by atoms with Gasteiger partial charge in [0.2, 0.25) is 5.91 Å². The first-order valence-electron chi connectivity index (χ1n) is 22.1. The second kappa shape index (κ2) is 41.1. The minimum atomic E-state index is -0.680. The highest BCUT2D eigenvalue weighted by Gasteiger charge is 2.20. The molecule has 2 atom stereocenters. The lowest BCUT2D eigenvalue weighted by Gasteiger charge is -2.22. The van der Waals surface area contributed by atoms with E-state index < -0.39 is 12.1 Å². The van der Waals surface area contributed by atoms with E-state index in [0.29, 0.717) is 25.9 Å². The Morgan fingerprint density at radius 2 is 1.00 bits per heavy atom. The second-order valence-corrected chi connectivity index (χ2v) is 15.0. The van der Waals surface area contributed by atoms with Crippen molar-refractivity contribution in [2.45, 2.75) is 238 Å². The van der Waals surface area contributed by atoms with Crippen molar-refractivity contribution in [2.75, 3.05) is 13.2 Å². The van der Waals surface area contributed by atoms with Crippen molar-refractivity contribution in [1.82, 2.24) is 5.32 Å². The van der Waals surface area contributed by atoms with Gasteiger partial charge in [0.15, 0.2) is 0 Å². The molecule has 1 amide bonds. The maximum atomic E-state index is 12.4. The molecule has 51 heavy (non-hydrogen) atoms. The summed E-state index contributed by atoms with van der Waals surface area (Å²) in [5.74, 6) is -0.107. The Morgan fingerprint density at radius 3 is 1.55 bits per heavy atom. The predicted molar refractivity (Wildman–Crippen MR) is 218 cm³/mol. The number of allylic oxidation sites excluding steroid dienone is 4. The van der Waals surface area contributed by atoms with Crippen molar-refractivity contribution < 1.29 is 24.5 Å². The Labute approximate surface area is 316 Å². The molecule has 0 heterocycles. The highest BCUT2D eigenvalue weighted by Crippen LogP contribution is 2.15. The number of carbonyl (C=O) groups is 2. The van der Waals surface area contributed by atoms with Gasteiger partial charge in [0.05, 0.1) is 25.4 Å². The van der Waals surface area contributed by atoms with E-state index in [4.69, 9.17) is 4.74 Å². The average molecular weight is 720 g/mol. The first-order valence-corrected chi connectivity index (χ1v) is 22.1. The maximum absolute atomic E-state index is 12.4. The average Bonchev–Trinajstić information content (AvgIpc) is 3.13. The number of unbranched alkanes of at least 4 members (excludes halogenated alkanes) is 25. The maximum Gasteiger partial charge on any atom is 0.305 e. The van der Waals surface area contributed by atoms with Gasteiger partial charge < -0.3 is 20.3 Å². The normalized spacial score (nSPS) is 12.9. The van der Waals surface area contributed by atoms with Crippen LogP contribution in [0.5, 0.6) is 0 Å². The van der Waals surface area contributed by atoms with Gasteiger partial charge in [0.1, 0.15) is 0 Å². The zero-order valence-corrected chi connectivity index (χ0v) is 33.8. The lowest BCUT2D eigenvalue weighted by molar-refractivity contribution is -0.143. The SMILES string of the molecule is CCCC/C=C\C/C=C\CCCCCCCC(=O)OCCCCCCCCCCCC(=O)NC(CO)C(O)CCCCCCCCCCCCC. The van der Waals surface area contributed by atoms with Crippen LogP contribution in [0.2, 0.25) is 0 Å². The minimum Gasteiger partial charge on any atom is -0.466 e. The summed E-state index contributed by atoms with van der Waals surface area (Å²) < 4.78 is 5.42. The Morgan fingerprint density at radius 1 is 0.549 bits per heavy atom. The van der Waals surface area contributed by atoms with Gasteiger partial charge in [0, 0.05) is 12.8 Å². The Hall–Kier alpha value is -1.66. The molecule has 6 heteroatoms. The first kappa shape index (κ1) is 49.3. The van der Waals surface area contributed by atoms with Crippen LogP contribution in [0.15, 0.2) is 24.3 Å². The van der Waals surface area contributed by atoms with Crippen molar-refractivity contribution in [1.29, 1.82) is 0 Å². The summed E-state index contributed by atoms with van der Waals surface area (Å²) in [5.41, 5.74) is 0. The summed E-state index contributed by atoms with van der Waals surface area (Å²) in [5, 5.41) is 23.1. The summed E-state index contributed by atoms with van der Waals surface area (Å²) in [6.07, 6.45) is 45.5. The van der Waals surface area contributed by atoms with Crippen LogP contribution in [0.3, 0.4) is 0 Å². The first-order chi connectivity index (χ1) is 25.0. The summed E-state index contributed by atoms with van der Waals surface area (Å²) in [4.78, 5) is 24.4. The van der Waals surface area contributed by atoms with Gasteiger partial charge in [-0.05, 0) is 51.4 Å². The molecule has 2 unspecified atom stereocenters. The van der Waals surface area contributed by atoms with Gasteiger partial charge >= 0.3 is 5.97 Å². The highest BCUT2D eigenvalue weighted by atomic mass is 16.5. The van der Waals surface area contributed by atoms with Gasteiger partial charge in [-0.2, -0.15) is 0 Å². The molecular weight excluding hydrogens is 634 g/mol. The van der Waals surface area contributed by atoms with Gasteiger partial charge in [-0.3, -0.25) is 9.59 Å². The van der Waals surface area contributed by atoms with Crippen LogP contribution in [0.1, 0.15) is 226 Å². The van der Waals surface area contributed by atoms with Crippen molar-refractivity contribution in [3.63, 3.8) is 0 Å². The molecule has 0 aliphatic rings. The largest absolute Gasteiger partial charge is 0.466 e. The van der Waals surface area contributed by atoms with Crippen LogP contribution in [-0.4, -0.2) is 47.4 Å². The van der Waals surface area contributed by atoms with Crippen LogP contribution in [-0.2, 0) is 14.3 Å². The van der Waals surface area contributed by atoms with Gasteiger partial charge in [0.25, 0.3) is 0 Å². The molecule has 0 aromatic carbocycles. The van der Waals surface area contributed by atoms with E-state index in [2.05, 4.69) is 43.5 Å². The molecule has 0 saturated heterocycles. The number of amides is 1. The highest BCUT2D eigenvalue weighted by molar-refractivity contribution is 5.76. The summed E-state index contributed by atoms with van der Waals surface area (Å²) in [6.45, 7) is 4.82. The third-order valence-electron chi connectivity index (χ3n) is 10.0. The molecule has 0 radical (unpaired) electrons. The minimum absolute atomic E-state index is 0.0405. The third kappa shape index (κ3) is 37.9. The number of ether oxygens (including phenoxy) is 1. The van der Waals surface area contributed by atoms with Crippen LogP contribution < -0.4 is 5.32 Å².